The van der Waals surface area contributed by atoms with Crippen molar-refractivity contribution in [3.05, 3.63) is 66.1 Å². The normalized spacial score (nSPS) is 18.2. The summed E-state index contributed by atoms with van der Waals surface area (Å²) in [4.78, 5) is 7.09. The van der Waals surface area contributed by atoms with Crippen LogP contribution in [0.5, 0.6) is 5.75 Å². The molecule has 5 nitrogen and oxygen atoms in total. The maximum atomic E-state index is 5.56. The van der Waals surface area contributed by atoms with Gasteiger partial charge >= 0.3 is 0 Å². The number of nitrogens with zero attached hydrogens (tertiary/aromatic N) is 3. The summed E-state index contributed by atoms with van der Waals surface area (Å²) in [6.07, 6.45) is 4.85. The summed E-state index contributed by atoms with van der Waals surface area (Å²) in [5.74, 6) is 2.22. The molecular weight excluding hydrogens is 338 g/mol. The molecule has 0 saturated carbocycles. The highest BCUT2D eigenvalue weighted by molar-refractivity contribution is 5.53. The van der Waals surface area contributed by atoms with Crippen LogP contribution < -0.4 is 4.74 Å². The molecule has 140 valence electrons. The zero-order chi connectivity index (χ0) is 18.5. The topological polar surface area (TPSA) is 51.4 Å². The lowest BCUT2D eigenvalue weighted by molar-refractivity contribution is 0.168. The van der Waals surface area contributed by atoms with Gasteiger partial charge in [0.15, 0.2) is 0 Å². The fourth-order valence-corrected chi connectivity index (χ4v) is 3.76. The molecule has 3 aromatic rings. The largest absolute Gasteiger partial charge is 0.497 e. The summed E-state index contributed by atoms with van der Waals surface area (Å²) in [5, 5.41) is 4.17. The van der Waals surface area contributed by atoms with E-state index in [2.05, 4.69) is 27.2 Å². The standard InChI is InChI=1S/C22H25N3O2/c1-26-19-13-11-17(12-14-19)20-10-6-3-7-15-25(20)16-21-23-22(24-27-21)18-8-4-2-5-9-18/h2,4-5,8-9,11-14,20H,3,6-7,10,15-16H2,1H3/t20-/m0/s1. The van der Waals surface area contributed by atoms with Gasteiger partial charge in [-0.05, 0) is 37.1 Å². The second kappa shape index (κ2) is 8.35. The first kappa shape index (κ1) is 17.7. The number of hydrogen-bond acceptors (Lipinski definition) is 5. The second-order valence-electron chi connectivity index (χ2n) is 6.99. The Morgan fingerprint density at radius 3 is 2.63 bits per heavy atom. The third-order valence-corrected chi connectivity index (χ3v) is 5.20. The number of likely N-dealkylation sites (tertiary alicyclic amines) is 1. The van der Waals surface area contributed by atoms with E-state index < -0.39 is 0 Å². The minimum atomic E-state index is 0.366. The van der Waals surface area contributed by atoms with Gasteiger partial charge in [-0.1, -0.05) is 60.5 Å². The predicted octanol–water partition coefficient (Wildman–Crippen LogP) is 4.86. The van der Waals surface area contributed by atoms with E-state index in [1.165, 1.54) is 24.8 Å². The first-order chi connectivity index (χ1) is 13.3. The molecule has 1 aliphatic heterocycles. The molecule has 2 heterocycles. The lowest BCUT2D eigenvalue weighted by Gasteiger charge is -2.29. The Morgan fingerprint density at radius 2 is 1.85 bits per heavy atom. The molecule has 1 atom stereocenters. The van der Waals surface area contributed by atoms with Crippen molar-refractivity contribution in [2.45, 2.75) is 38.3 Å². The fraction of sp³-hybridized carbons (Fsp3) is 0.364. The van der Waals surface area contributed by atoms with Gasteiger partial charge in [0.05, 0.1) is 13.7 Å². The van der Waals surface area contributed by atoms with Crippen LogP contribution in [0.15, 0.2) is 59.1 Å². The molecule has 1 saturated heterocycles. The average molecular weight is 363 g/mol. The van der Waals surface area contributed by atoms with E-state index >= 15 is 0 Å². The van der Waals surface area contributed by atoms with Crippen molar-refractivity contribution in [2.24, 2.45) is 0 Å². The van der Waals surface area contributed by atoms with Crippen LogP contribution in [0, 0.1) is 0 Å². The first-order valence-electron chi connectivity index (χ1n) is 9.59. The molecule has 0 spiro atoms. The first-order valence-corrected chi connectivity index (χ1v) is 9.59. The Balaban J connectivity index is 1.53. The van der Waals surface area contributed by atoms with Gasteiger partial charge in [0, 0.05) is 11.6 Å². The highest BCUT2D eigenvalue weighted by Crippen LogP contribution is 2.32. The third-order valence-electron chi connectivity index (χ3n) is 5.20. The van der Waals surface area contributed by atoms with Gasteiger partial charge in [-0.25, -0.2) is 0 Å². The zero-order valence-corrected chi connectivity index (χ0v) is 15.7. The van der Waals surface area contributed by atoms with Crippen LogP contribution in [0.1, 0.15) is 43.2 Å². The smallest absolute Gasteiger partial charge is 0.241 e. The van der Waals surface area contributed by atoms with Gasteiger partial charge in [-0.15, -0.1) is 0 Å². The van der Waals surface area contributed by atoms with Crippen LogP contribution in [-0.2, 0) is 6.54 Å². The summed E-state index contributed by atoms with van der Waals surface area (Å²) >= 11 is 0. The lowest BCUT2D eigenvalue weighted by Crippen LogP contribution is -2.28. The SMILES string of the molecule is COc1ccc([C@@H]2CCCCCN2Cc2nc(-c3ccccc3)no2)cc1. The van der Waals surface area contributed by atoms with Gasteiger partial charge in [0.25, 0.3) is 0 Å². The molecular formula is C22H25N3O2. The van der Waals surface area contributed by atoms with Crippen molar-refractivity contribution in [3.63, 3.8) is 0 Å². The van der Waals surface area contributed by atoms with Crippen molar-refractivity contribution < 1.29 is 9.26 Å². The van der Waals surface area contributed by atoms with Crippen molar-refractivity contribution in [3.8, 4) is 17.1 Å². The second-order valence-corrected chi connectivity index (χ2v) is 6.99. The minimum Gasteiger partial charge on any atom is -0.497 e. The average Bonchev–Trinajstić information content (AvgIpc) is 3.07. The summed E-state index contributed by atoms with van der Waals surface area (Å²) < 4.78 is 10.9. The number of benzene rings is 2. The summed E-state index contributed by atoms with van der Waals surface area (Å²) in [7, 11) is 1.70. The Bertz CT molecular complexity index is 846. The van der Waals surface area contributed by atoms with E-state index in [9.17, 15) is 0 Å². The van der Waals surface area contributed by atoms with E-state index in [1.54, 1.807) is 7.11 Å². The molecule has 0 radical (unpaired) electrons. The molecule has 0 N–H and O–H groups in total. The number of ether oxygens (including phenoxy) is 1. The number of aromatic nitrogens is 2. The highest BCUT2D eigenvalue weighted by Gasteiger charge is 2.24. The highest BCUT2D eigenvalue weighted by atomic mass is 16.5. The third kappa shape index (κ3) is 4.19. The Morgan fingerprint density at radius 1 is 1.04 bits per heavy atom. The number of hydrogen-bond donors (Lipinski definition) is 0. The van der Waals surface area contributed by atoms with Gasteiger partial charge in [-0.2, -0.15) is 4.98 Å². The van der Waals surface area contributed by atoms with E-state index in [-0.39, 0.29) is 0 Å². The van der Waals surface area contributed by atoms with Crippen LogP contribution in [0.2, 0.25) is 0 Å². The maximum Gasteiger partial charge on any atom is 0.241 e. The summed E-state index contributed by atoms with van der Waals surface area (Å²) in [6, 6.07) is 18.8. The minimum absolute atomic E-state index is 0.366. The van der Waals surface area contributed by atoms with E-state index in [0.717, 1.165) is 24.3 Å². The quantitative estimate of drug-likeness (QED) is 0.648. The Labute approximate surface area is 160 Å². The lowest BCUT2D eigenvalue weighted by atomic mass is 10.0. The van der Waals surface area contributed by atoms with E-state index in [1.807, 2.05) is 42.5 Å². The van der Waals surface area contributed by atoms with E-state index in [0.29, 0.717) is 24.3 Å². The molecule has 1 aromatic heterocycles. The van der Waals surface area contributed by atoms with Crippen molar-refractivity contribution in [1.82, 2.24) is 15.0 Å². The van der Waals surface area contributed by atoms with Crippen LogP contribution in [0.4, 0.5) is 0 Å². The summed E-state index contributed by atoms with van der Waals surface area (Å²) in [5.41, 5.74) is 2.30. The monoisotopic (exact) mass is 363 g/mol. The molecule has 4 rings (SSSR count). The Hall–Kier alpha value is -2.66. The zero-order valence-electron chi connectivity index (χ0n) is 15.7. The fourth-order valence-electron chi connectivity index (χ4n) is 3.76. The van der Waals surface area contributed by atoms with Crippen molar-refractivity contribution >= 4 is 0 Å². The van der Waals surface area contributed by atoms with Crippen LogP contribution >= 0.6 is 0 Å². The van der Waals surface area contributed by atoms with Gasteiger partial charge in [0.2, 0.25) is 11.7 Å². The van der Waals surface area contributed by atoms with Gasteiger partial charge in [0.1, 0.15) is 5.75 Å². The molecule has 27 heavy (non-hydrogen) atoms. The molecule has 0 unspecified atom stereocenters. The van der Waals surface area contributed by atoms with Gasteiger partial charge < -0.3 is 9.26 Å². The van der Waals surface area contributed by atoms with Crippen molar-refractivity contribution in [2.75, 3.05) is 13.7 Å². The van der Waals surface area contributed by atoms with Crippen molar-refractivity contribution in [1.29, 1.82) is 0 Å². The molecule has 2 aromatic carbocycles. The Kier molecular flexibility index (Phi) is 5.49. The molecule has 5 heteroatoms. The number of rotatable bonds is 5. The molecule has 0 aliphatic carbocycles. The van der Waals surface area contributed by atoms with E-state index in [4.69, 9.17) is 9.26 Å². The van der Waals surface area contributed by atoms with Crippen LogP contribution in [-0.4, -0.2) is 28.7 Å². The predicted molar refractivity (Wildman–Crippen MR) is 104 cm³/mol. The molecule has 1 fully saturated rings. The van der Waals surface area contributed by atoms with Crippen LogP contribution in [0.25, 0.3) is 11.4 Å². The molecule has 1 aliphatic rings. The summed E-state index contributed by atoms with van der Waals surface area (Å²) in [6.45, 7) is 1.72. The molecule has 0 amide bonds. The molecule has 0 bridgehead atoms. The van der Waals surface area contributed by atoms with Gasteiger partial charge in [-0.3, -0.25) is 4.90 Å². The number of methoxy groups -OCH3 is 1. The maximum absolute atomic E-state index is 5.56. The van der Waals surface area contributed by atoms with Crippen LogP contribution in [0.3, 0.4) is 0 Å².